The summed E-state index contributed by atoms with van der Waals surface area (Å²) in [6, 6.07) is 0. The molecule has 1 heterocycles. The van der Waals surface area contributed by atoms with Crippen LogP contribution < -0.4 is 5.73 Å². The van der Waals surface area contributed by atoms with Gasteiger partial charge in [-0.3, -0.25) is 9.48 Å². The van der Waals surface area contributed by atoms with Crippen molar-refractivity contribution >= 4 is 11.6 Å². The standard InChI is InChI=1S/C7H11N3O/c1-3-6(11)5-4-10(2)9-7(5)8/h4H,3H2,1-2H3,(H2,8,9). The molecule has 11 heavy (non-hydrogen) atoms. The smallest absolute Gasteiger partial charge is 0.167 e. The maximum absolute atomic E-state index is 11.1. The van der Waals surface area contributed by atoms with Crippen LogP contribution in [0.2, 0.25) is 0 Å². The van der Waals surface area contributed by atoms with E-state index in [1.165, 1.54) is 4.68 Å². The number of nitrogens with two attached hydrogens (primary N) is 1. The number of rotatable bonds is 2. The van der Waals surface area contributed by atoms with E-state index in [0.29, 0.717) is 17.8 Å². The molecular formula is C7H11N3O. The minimum Gasteiger partial charge on any atom is -0.382 e. The molecule has 0 aliphatic rings. The minimum atomic E-state index is 0.0376. The number of aromatic nitrogens is 2. The van der Waals surface area contributed by atoms with Crippen molar-refractivity contribution in [1.29, 1.82) is 0 Å². The molecule has 4 heteroatoms. The van der Waals surface area contributed by atoms with Crippen LogP contribution in [0, 0.1) is 0 Å². The maximum Gasteiger partial charge on any atom is 0.167 e. The third kappa shape index (κ3) is 1.39. The summed E-state index contributed by atoms with van der Waals surface area (Å²) in [4.78, 5) is 11.1. The molecule has 0 aliphatic heterocycles. The van der Waals surface area contributed by atoms with Gasteiger partial charge in [-0.25, -0.2) is 0 Å². The van der Waals surface area contributed by atoms with Crippen molar-refractivity contribution in [1.82, 2.24) is 9.78 Å². The first-order chi connectivity index (χ1) is 5.15. The van der Waals surface area contributed by atoms with E-state index in [0.717, 1.165) is 0 Å². The zero-order valence-corrected chi connectivity index (χ0v) is 6.66. The molecule has 0 aliphatic carbocycles. The van der Waals surface area contributed by atoms with Crippen LogP contribution in [0.25, 0.3) is 0 Å². The molecule has 2 N–H and O–H groups in total. The summed E-state index contributed by atoms with van der Waals surface area (Å²) in [5, 5.41) is 3.85. The number of anilines is 1. The molecule has 60 valence electrons. The molecule has 1 rings (SSSR count). The Bertz CT molecular complexity index is 277. The Labute approximate surface area is 65.0 Å². The molecule has 0 atom stereocenters. The summed E-state index contributed by atoms with van der Waals surface area (Å²) in [6.07, 6.45) is 2.11. The molecule has 0 unspecified atom stereocenters. The summed E-state index contributed by atoms with van der Waals surface area (Å²) in [7, 11) is 1.74. The van der Waals surface area contributed by atoms with Crippen LogP contribution in [-0.2, 0) is 7.05 Å². The molecule has 0 radical (unpaired) electrons. The summed E-state index contributed by atoms with van der Waals surface area (Å²) in [5.41, 5.74) is 5.99. The second-order valence-electron chi connectivity index (χ2n) is 2.38. The van der Waals surface area contributed by atoms with Gasteiger partial charge in [0.1, 0.15) is 0 Å². The predicted octanol–water partition coefficient (Wildman–Crippen LogP) is 0.595. The van der Waals surface area contributed by atoms with Crippen molar-refractivity contribution < 1.29 is 4.79 Å². The lowest BCUT2D eigenvalue weighted by Crippen LogP contribution is -1.99. The summed E-state index contributed by atoms with van der Waals surface area (Å²) in [5.74, 6) is 0.356. The van der Waals surface area contributed by atoms with E-state index in [2.05, 4.69) is 5.10 Å². The van der Waals surface area contributed by atoms with Crippen LogP contribution in [0.3, 0.4) is 0 Å². The van der Waals surface area contributed by atoms with E-state index < -0.39 is 0 Å². The highest BCUT2D eigenvalue weighted by molar-refractivity contribution is 5.99. The zero-order valence-electron chi connectivity index (χ0n) is 6.66. The summed E-state index contributed by atoms with van der Waals surface area (Å²) in [6.45, 7) is 1.80. The first-order valence-corrected chi connectivity index (χ1v) is 3.47. The largest absolute Gasteiger partial charge is 0.382 e. The lowest BCUT2D eigenvalue weighted by Gasteiger charge is -1.90. The Balaban J connectivity index is 3.03. The van der Waals surface area contributed by atoms with E-state index in [1.54, 1.807) is 20.2 Å². The number of aryl methyl sites for hydroxylation is 1. The molecule has 0 saturated carbocycles. The lowest BCUT2D eigenvalue weighted by molar-refractivity contribution is 0.0989. The van der Waals surface area contributed by atoms with Crippen molar-refractivity contribution in [2.24, 2.45) is 7.05 Å². The Kier molecular flexibility index (Phi) is 1.94. The van der Waals surface area contributed by atoms with Crippen molar-refractivity contribution in [3.8, 4) is 0 Å². The van der Waals surface area contributed by atoms with Crippen molar-refractivity contribution in [3.63, 3.8) is 0 Å². The van der Waals surface area contributed by atoms with Crippen LogP contribution in [0.4, 0.5) is 5.82 Å². The van der Waals surface area contributed by atoms with Crippen LogP contribution in [0.15, 0.2) is 6.20 Å². The Morgan fingerprint density at radius 1 is 1.82 bits per heavy atom. The average molecular weight is 153 g/mol. The fourth-order valence-electron chi connectivity index (χ4n) is 0.911. The zero-order chi connectivity index (χ0) is 8.43. The van der Waals surface area contributed by atoms with Gasteiger partial charge in [-0.2, -0.15) is 5.10 Å². The van der Waals surface area contributed by atoms with Gasteiger partial charge >= 0.3 is 0 Å². The second-order valence-corrected chi connectivity index (χ2v) is 2.38. The number of nitrogens with zero attached hydrogens (tertiary/aromatic N) is 2. The van der Waals surface area contributed by atoms with Crippen LogP contribution in [0.1, 0.15) is 23.7 Å². The van der Waals surface area contributed by atoms with Gasteiger partial charge in [0.15, 0.2) is 11.6 Å². The lowest BCUT2D eigenvalue weighted by atomic mass is 10.2. The number of ketones is 1. The Morgan fingerprint density at radius 2 is 2.45 bits per heavy atom. The second kappa shape index (κ2) is 2.74. The number of nitrogen functional groups attached to an aromatic ring is 1. The highest BCUT2D eigenvalue weighted by Gasteiger charge is 2.10. The van der Waals surface area contributed by atoms with Gasteiger partial charge in [-0.05, 0) is 0 Å². The number of Topliss-reactive ketones (excluding diaryl/α,β-unsaturated/α-hetero) is 1. The molecule has 0 bridgehead atoms. The molecule has 4 nitrogen and oxygen atoms in total. The quantitative estimate of drug-likeness (QED) is 0.633. The van der Waals surface area contributed by atoms with E-state index in [-0.39, 0.29) is 5.78 Å². The topological polar surface area (TPSA) is 60.9 Å². The Morgan fingerprint density at radius 3 is 2.82 bits per heavy atom. The first-order valence-electron chi connectivity index (χ1n) is 3.47. The minimum absolute atomic E-state index is 0.0376. The van der Waals surface area contributed by atoms with Gasteiger partial charge in [-0.1, -0.05) is 6.92 Å². The van der Waals surface area contributed by atoms with Crippen molar-refractivity contribution in [2.45, 2.75) is 13.3 Å². The molecule has 1 aromatic heterocycles. The number of carbonyl (C=O) groups excluding carboxylic acids is 1. The summed E-state index contributed by atoms with van der Waals surface area (Å²) < 4.78 is 1.54. The van der Waals surface area contributed by atoms with Gasteiger partial charge in [0.05, 0.1) is 5.56 Å². The molecule has 0 aromatic carbocycles. The highest BCUT2D eigenvalue weighted by Crippen LogP contribution is 2.09. The van der Waals surface area contributed by atoms with Crippen LogP contribution >= 0.6 is 0 Å². The number of hydrogen-bond acceptors (Lipinski definition) is 3. The highest BCUT2D eigenvalue weighted by atomic mass is 16.1. The first kappa shape index (κ1) is 7.78. The molecular weight excluding hydrogens is 142 g/mol. The predicted molar refractivity (Wildman–Crippen MR) is 42.2 cm³/mol. The third-order valence-electron chi connectivity index (χ3n) is 1.48. The van der Waals surface area contributed by atoms with E-state index in [1.807, 2.05) is 0 Å². The van der Waals surface area contributed by atoms with Gasteiger partial charge < -0.3 is 5.73 Å². The molecule has 0 fully saturated rings. The third-order valence-corrected chi connectivity index (χ3v) is 1.48. The molecule has 0 amide bonds. The van der Waals surface area contributed by atoms with E-state index >= 15 is 0 Å². The fourth-order valence-corrected chi connectivity index (χ4v) is 0.911. The normalized spacial score (nSPS) is 10.0. The van der Waals surface area contributed by atoms with E-state index in [4.69, 9.17) is 5.73 Å². The number of carbonyl (C=O) groups is 1. The van der Waals surface area contributed by atoms with Crippen LogP contribution in [0.5, 0.6) is 0 Å². The molecule has 0 saturated heterocycles. The SMILES string of the molecule is CCC(=O)c1cn(C)nc1N. The maximum atomic E-state index is 11.1. The molecule has 0 spiro atoms. The fraction of sp³-hybridized carbons (Fsp3) is 0.429. The monoisotopic (exact) mass is 153 g/mol. The van der Waals surface area contributed by atoms with E-state index in [9.17, 15) is 4.79 Å². The van der Waals surface area contributed by atoms with Gasteiger partial charge in [-0.15, -0.1) is 0 Å². The summed E-state index contributed by atoms with van der Waals surface area (Å²) >= 11 is 0. The molecule has 1 aromatic rings. The van der Waals surface area contributed by atoms with Gasteiger partial charge in [0.2, 0.25) is 0 Å². The van der Waals surface area contributed by atoms with Crippen molar-refractivity contribution in [2.75, 3.05) is 5.73 Å². The number of hydrogen-bond donors (Lipinski definition) is 1. The van der Waals surface area contributed by atoms with Gasteiger partial charge in [0, 0.05) is 19.7 Å². The van der Waals surface area contributed by atoms with Crippen LogP contribution in [-0.4, -0.2) is 15.6 Å². The average Bonchev–Trinajstić information content (AvgIpc) is 2.28. The van der Waals surface area contributed by atoms with Crippen molar-refractivity contribution in [3.05, 3.63) is 11.8 Å². The Hall–Kier alpha value is -1.32. The van der Waals surface area contributed by atoms with Gasteiger partial charge in [0.25, 0.3) is 0 Å².